The van der Waals surface area contributed by atoms with Gasteiger partial charge >= 0.3 is 0 Å². The Morgan fingerprint density at radius 2 is 1.89 bits per heavy atom. The molecule has 0 radical (unpaired) electrons. The van der Waals surface area contributed by atoms with E-state index in [1.165, 1.54) is 0 Å². The highest BCUT2D eigenvalue weighted by molar-refractivity contribution is 5.80. The average Bonchev–Trinajstić information content (AvgIpc) is 2.39. The highest BCUT2D eigenvalue weighted by Gasteiger charge is 2.23. The maximum absolute atomic E-state index is 12.0. The third-order valence-electron chi connectivity index (χ3n) is 3.88. The van der Waals surface area contributed by atoms with E-state index in [2.05, 4.69) is 19.2 Å². The van der Waals surface area contributed by atoms with Gasteiger partial charge in [0.2, 0.25) is 5.91 Å². The standard InChI is InChI=1S/C15H29NO3/c1-11(2)8-9-19-12(3)15(18)16-14-6-4-13(10-17)5-7-14/h11-14,17H,4-10H2,1-3H3,(H,16,18). The summed E-state index contributed by atoms with van der Waals surface area (Å²) in [6.45, 7) is 7.02. The fraction of sp³-hybridized carbons (Fsp3) is 0.933. The summed E-state index contributed by atoms with van der Waals surface area (Å²) in [6.07, 6.45) is 4.56. The highest BCUT2D eigenvalue weighted by Crippen LogP contribution is 2.23. The van der Waals surface area contributed by atoms with Crippen molar-refractivity contribution in [3.05, 3.63) is 0 Å². The summed E-state index contributed by atoms with van der Waals surface area (Å²) >= 11 is 0. The van der Waals surface area contributed by atoms with Crippen molar-refractivity contribution in [3.8, 4) is 0 Å². The van der Waals surface area contributed by atoms with E-state index in [1.807, 2.05) is 6.92 Å². The second kappa shape index (κ2) is 8.54. The van der Waals surface area contributed by atoms with Crippen molar-refractivity contribution in [1.82, 2.24) is 5.32 Å². The molecule has 1 amide bonds. The molecule has 0 heterocycles. The molecular weight excluding hydrogens is 242 g/mol. The smallest absolute Gasteiger partial charge is 0.249 e. The quantitative estimate of drug-likeness (QED) is 0.745. The molecule has 112 valence electrons. The maximum Gasteiger partial charge on any atom is 0.249 e. The maximum atomic E-state index is 12.0. The third kappa shape index (κ3) is 6.39. The van der Waals surface area contributed by atoms with Crippen LogP contribution in [0.1, 0.15) is 52.9 Å². The number of aliphatic hydroxyl groups is 1. The van der Waals surface area contributed by atoms with Crippen LogP contribution in [-0.4, -0.2) is 36.4 Å². The zero-order valence-electron chi connectivity index (χ0n) is 12.5. The first-order valence-corrected chi connectivity index (χ1v) is 7.55. The molecule has 0 aromatic rings. The van der Waals surface area contributed by atoms with E-state index in [1.54, 1.807) is 0 Å². The molecule has 1 unspecified atom stereocenters. The average molecular weight is 271 g/mol. The summed E-state index contributed by atoms with van der Waals surface area (Å²) in [5, 5.41) is 12.1. The second-order valence-electron chi connectivity index (χ2n) is 6.10. The summed E-state index contributed by atoms with van der Waals surface area (Å²) < 4.78 is 5.55. The fourth-order valence-corrected chi connectivity index (χ4v) is 2.36. The lowest BCUT2D eigenvalue weighted by Crippen LogP contribution is -2.43. The predicted octanol–water partition coefficient (Wildman–Crippen LogP) is 2.10. The molecule has 1 fully saturated rings. The summed E-state index contributed by atoms with van der Waals surface area (Å²) in [5.74, 6) is 1.02. The molecule has 1 rings (SSSR count). The van der Waals surface area contributed by atoms with Gasteiger partial charge in [-0.25, -0.2) is 0 Å². The van der Waals surface area contributed by atoms with E-state index in [4.69, 9.17) is 9.84 Å². The van der Waals surface area contributed by atoms with Crippen LogP contribution in [0.3, 0.4) is 0 Å². The molecule has 2 N–H and O–H groups in total. The predicted molar refractivity (Wildman–Crippen MR) is 75.8 cm³/mol. The number of carbonyl (C=O) groups is 1. The van der Waals surface area contributed by atoms with Crippen molar-refractivity contribution >= 4 is 5.91 Å². The number of hydrogen-bond donors (Lipinski definition) is 2. The van der Waals surface area contributed by atoms with Crippen LogP contribution in [0.2, 0.25) is 0 Å². The first-order chi connectivity index (χ1) is 9.02. The molecule has 0 aromatic heterocycles. The molecule has 0 aromatic carbocycles. The number of amides is 1. The molecule has 19 heavy (non-hydrogen) atoms. The molecular formula is C15H29NO3. The Kier molecular flexibility index (Phi) is 7.39. The van der Waals surface area contributed by atoms with Crippen molar-refractivity contribution in [2.24, 2.45) is 11.8 Å². The molecule has 0 saturated heterocycles. The normalized spacial score (nSPS) is 25.3. The van der Waals surface area contributed by atoms with Gasteiger partial charge in [-0.2, -0.15) is 0 Å². The molecule has 1 saturated carbocycles. The SMILES string of the molecule is CC(C)CCOC(C)C(=O)NC1CCC(CO)CC1. The van der Waals surface area contributed by atoms with Gasteiger partial charge in [0.1, 0.15) is 6.10 Å². The Hall–Kier alpha value is -0.610. The fourth-order valence-electron chi connectivity index (χ4n) is 2.36. The summed E-state index contributed by atoms with van der Waals surface area (Å²) in [6, 6.07) is 0.256. The minimum atomic E-state index is -0.366. The van der Waals surface area contributed by atoms with Gasteiger partial charge in [0.05, 0.1) is 0 Å². The van der Waals surface area contributed by atoms with Crippen LogP contribution in [0, 0.1) is 11.8 Å². The lowest BCUT2D eigenvalue weighted by molar-refractivity contribution is -0.133. The Morgan fingerprint density at radius 1 is 1.26 bits per heavy atom. The Morgan fingerprint density at radius 3 is 2.42 bits per heavy atom. The minimum absolute atomic E-state index is 0.00351. The van der Waals surface area contributed by atoms with Crippen molar-refractivity contribution in [2.45, 2.75) is 65.0 Å². The Bertz CT molecular complexity index is 260. The molecule has 1 aliphatic rings. The monoisotopic (exact) mass is 271 g/mol. The second-order valence-corrected chi connectivity index (χ2v) is 6.10. The van der Waals surface area contributed by atoms with Crippen molar-refractivity contribution < 1.29 is 14.6 Å². The first kappa shape index (κ1) is 16.4. The van der Waals surface area contributed by atoms with Crippen molar-refractivity contribution in [2.75, 3.05) is 13.2 Å². The molecule has 1 aliphatic carbocycles. The van der Waals surface area contributed by atoms with Crippen LogP contribution in [0.15, 0.2) is 0 Å². The number of rotatable bonds is 7. The van der Waals surface area contributed by atoms with Gasteiger partial charge in [-0.1, -0.05) is 13.8 Å². The highest BCUT2D eigenvalue weighted by atomic mass is 16.5. The Balaban J connectivity index is 2.19. The number of aliphatic hydroxyl groups excluding tert-OH is 1. The largest absolute Gasteiger partial charge is 0.396 e. The topological polar surface area (TPSA) is 58.6 Å². The molecule has 0 aliphatic heterocycles. The van der Waals surface area contributed by atoms with Crippen LogP contribution in [0.4, 0.5) is 0 Å². The molecule has 4 nitrogen and oxygen atoms in total. The minimum Gasteiger partial charge on any atom is -0.396 e. The van der Waals surface area contributed by atoms with Gasteiger partial charge in [-0.05, 0) is 50.9 Å². The number of nitrogens with one attached hydrogen (secondary N) is 1. The Labute approximate surface area is 116 Å². The van der Waals surface area contributed by atoms with E-state index in [0.717, 1.165) is 32.1 Å². The zero-order valence-corrected chi connectivity index (χ0v) is 12.5. The molecule has 4 heteroatoms. The third-order valence-corrected chi connectivity index (χ3v) is 3.88. The van der Waals surface area contributed by atoms with Crippen LogP contribution in [-0.2, 0) is 9.53 Å². The van der Waals surface area contributed by atoms with Gasteiger partial charge in [-0.3, -0.25) is 4.79 Å². The van der Waals surface area contributed by atoms with Crippen molar-refractivity contribution in [1.29, 1.82) is 0 Å². The van der Waals surface area contributed by atoms with Crippen molar-refractivity contribution in [3.63, 3.8) is 0 Å². The lowest BCUT2D eigenvalue weighted by Gasteiger charge is -2.28. The molecule has 0 bridgehead atoms. The van der Waals surface area contributed by atoms with Crippen LogP contribution in [0.25, 0.3) is 0 Å². The number of ether oxygens (including phenoxy) is 1. The van der Waals surface area contributed by atoms with Gasteiger partial charge in [0.25, 0.3) is 0 Å². The lowest BCUT2D eigenvalue weighted by atomic mass is 9.86. The summed E-state index contributed by atoms with van der Waals surface area (Å²) in [4.78, 5) is 12.0. The van der Waals surface area contributed by atoms with E-state index < -0.39 is 0 Å². The summed E-state index contributed by atoms with van der Waals surface area (Å²) in [7, 11) is 0. The van der Waals surface area contributed by atoms with Gasteiger partial charge < -0.3 is 15.2 Å². The van der Waals surface area contributed by atoms with E-state index in [9.17, 15) is 4.79 Å². The van der Waals surface area contributed by atoms with Crippen LogP contribution >= 0.6 is 0 Å². The molecule has 1 atom stereocenters. The van der Waals surface area contributed by atoms with Gasteiger partial charge in [0, 0.05) is 19.3 Å². The van der Waals surface area contributed by atoms with Gasteiger partial charge in [-0.15, -0.1) is 0 Å². The molecule has 0 spiro atoms. The van der Waals surface area contributed by atoms with Crippen LogP contribution in [0.5, 0.6) is 0 Å². The number of hydrogen-bond acceptors (Lipinski definition) is 3. The van der Waals surface area contributed by atoms with Gasteiger partial charge in [0.15, 0.2) is 0 Å². The first-order valence-electron chi connectivity index (χ1n) is 7.55. The van der Waals surface area contributed by atoms with E-state index >= 15 is 0 Å². The zero-order chi connectivity index (χ0) is 14.3. The summed E-state index contributed by atoms with van der Waals surface area (Å²) in [5.41, 5.74) is 0. The van der Waals surface area contributed by atoms with Crippen LogP contribution < -0.4 is 5.32 Å². The number of carbonyl (C=O) groups excluding carboxylic acids is 1. The van der Waals surface area contributed by atoms with E-state index in [-0.39, 0.29) is 24.7 Å². The van der Waals surface area contributed by atoms with E-state index in [0.29, 0.717) is 18.4 Å².